The molecule has 0 atom stereocenters. The van der Waals surface area contributed by atoms with Crippen molar-refractivity contribution in [2.24, 2.45) is 0 Å². The van der Waals surface area contributed by atoms with Crippen molar-refractivity contribution in [3.05, 3.63) is 46.3 Å². The Morgan fingerprint density at radius 1 is 1.21 bits per heavy atom. The van der Waals surface area contributed by atoms with Gasteiger partial charge in [-0.25, -0.2) is 0 Å². The fraction of sp³-hybridized carbons (Fsp3) is 0.474. The number of aromatic nitrogens is 1. The molecule has 1 aromatic heterocycles. The Hall–Kier alpha value is -2.30. The summed E-state index contributed by atoms with van der Waals surface area (Å²) in [6, 6.07) is 6.25. The highest BCUT2D eigenvalue weighted by Gasteiger charge is 2.28. The first-order valence-corrected chi connectivity index (χ1v) is 8.41. The lowest BCUT2D eigenvalue weighted by atomic mass is 10.1. The number of amides is 1. The highest BCUT2D eigenvalue weighted by atomic mass is 16.5. The van der Waals surface area contributed by atoms with Crippen LogP contribution in [0.4, 0.5) is 0 Å². The van der Waals surface area contributed by atoms with E-state index in [1.807, 2.05) is 4.90 Å². The number of rotatable bonds is 3. The van der Waals surface area contributed by atoms with Crippen LogP contribution in [0.5, 0.6) is 5.75 Å². The Morgan fingerprint density at radius 3 is 2.54 bits per heavy atom. The summed E-state index contributed by atoms with van der Waals surface area (Å²) in [6.07, 6.45) is 1.82. The van der Waals surface area contributed by atoms with Gasteiger partial charge in [0.2, 0.25) is 0 Å². The molecule has 0 N–H and O–H groups in total. The fourth-order valence-corrected chi connectivity index (χ4v) is 3.14. The predicted molar refractivity (Wildman–Crippen MR) is 91.4 cm³/mol. The highest BCUT2D eigenvalue weighted by molar-refractivity contribution is 5.96. The Balaban J connectivity index is 1.62. The monoisotopic (exact) mass is 328 g/mol. The van der Waals surface area contributed by atoms with E-state index in [0.29, 0.717) is 30.1 Å². The largest absolute Gasteiger partial charge is 0.490 e. The molecule has 2 aromatic rings. The highest BCUT2D eigenvalue weighted by Crippen LogP contribution is 2.25. The second kappa shape index (κ2) is 6.67. The van der Waals surface area contributed by atoms with Crippen LogP contribution in [-0.4, -0.2) is 35.2 Å². The van der Waals surface area contributed by atoms with Crippen LogP contribution in [0, 0.1) is 27.7 Å². The maximum atomic E-state index is 12.7. The molecule has 3 rings (SSSR count). The molecular weight excluding hydrogens is 304 g/mol. The number of likely N-dealkylation sites (tertiary alicyclic amines) is 1. The third-order valence-corrected chi connectivity index (χ3v) is 4.61. The quantitative estimate of drug-likeness (QED) is 0.864. The van der Waals surface area contributed by atoms with Gasteiger partial charge in [-0.2, -0.15) is 0 Å². The minimum atomic E-state index is 0.0106. The number of hydrogen-bond donors (Lipinski definition) is 0. The third kappa shape index (κ3) is 3.30. The van der Waals surface area contributed by atoms with Gasteiger partial charge in [-0.1, -0.05) is 17.3 Å². The normalized spacial score (nSPS) is 15.6. The number of carbonyl (C=O) groups is 1. The number of ether oxygens (including phenoxy) is 1. The molecule has 0 spiro atoms. The SMILES string of the molecule is Cc1ccc(C)c(OC2CCN(C(=O)c3c(C)noc3C)CC2)c1. The molecule has 1 aromatic carbocycles. The van der Waals surface area contributed by atoms with Crippen molar-refractivity contribution in [1.82, 2.24) is 10.1 Å². The van der Waals surface area contributed by atoms with Crippen molar-refractivity contribution >= 4 is 5.91 Å². The van der Waals surface area contributed by atoms with E-state index in [-0.39, 0.29) is 12.0 Å². The van der Waals surface area contributed by atoms with Gasteiger partial charge in [0.15, 0.2) is 0 Å². The van der Waals surface area contributed by atoms with Gasteiger partial charge in [-0.15, -0.1) is 0 Å². The third-order valence-electron chi connectivity index (χ3n) is 4.61. The molecule has 0 bridgehead atoms. The summed E-state index contributed by atoms with van der Waals surface area (Å²) >= 11 is 0. The Bertz CT molecular complexity index is 724. The smallest absolute Gasteiger partial charge is 0.259 e. The lowest BCUT2D eigenvalue weighted by Crippen LogP contribution is -2.42. The Labute approximate surface area is 142 Å². The van der Waals surface area contributed by atoms with Crippen molar-refractivity contribution in [3.63, 3.8) is 0 Å². The standard InChI is InChI=1S/C19H24N2O3/c1-12-5-6-13(2)17(11-12)23-16-7-9-21(10-8-16)19(22)18-14(3)20-24-15(18)4/h5-6,11,16H,7-10H2,1-4H3. The van der Waals surface area contributed by atoms with E-state index < -0.39 is 0 Å². The summed E-state index contributed by atoms with van der Waals surface area (Å²) in [6.45, 7) is 9.10. The van der Waals surface area contributed by atoms with Gasteiger partial charge in [0.05, 0.1) is 5.69 Å². The van der Waals surface area contributed by atoms with Crippen LogP contribution < -0.4 is 4.74 Å². The van der Waals surface area contributed by atoms with Gasteiger partial charge < -0.3 is 14.2 Å². The van der Waals surface area contributed by atoms with Gasteiger partial charge >= 0.3 is 0 Å². The minimum Gasteiger partial charge on any atom is -0.490 e. The van der Waals surface area contributed by atoms with Crippen LogP contribution in [0.3, 0.4) is 0 Å². The number of benzene rings is 1. The van der Waals surface area contributed by atoms with Crippen LogP contribution in [0.25, 0.3) is 0 Å². The molecule has 0 aliphatic carbocycles. The molecule has 1 amide bonds. The topological polar surface area (TPSA) is 55.6 Å². The first-order chi connectivity index (χ1) is 11.5. The van der Waals surface area contributed by atoms with E-state index in [0.717, 1.165) is 24.2 Å². The van der Waals surface area contributed by atoms with Crippen LogP contribution in [0.1, 0.15) is 45.8 Å². The summed E-state index contributed by atoms with van der Waals surface area (Å²) in [5.41, 5.74) is 3.60. The van der Waals surface area contributed by atoms with E-state index in [1.54, 1.807) is 13.8 Å². The lowest BCUT2D eigenvalue weighted by molar-refractivity contribution is 0.0592. The first-order valence-electron chi connectivity index (χ1n) is 8.41. The zero-order valence-electron chi connectivity index (χ0n) is 14.8. The maximum Gasteiger partial charge on any atom is 0.259 e. The number of hydrogen-bond acceptors (Lipinski definition) is 4. The second-order valence-corrected chi connectivity index (χ2v) is 6.58. The van der Waals surface area contributed by atoms with Gasteiger partial charge in [0.25, 0.3) is 5.91 Å². The van der Waals surface area contributed by atoms with E-state index >= 15 is 0 Å². The average molecular weight is 328 g/mol. The maximum absolute atomic E-state index is 12.7. The molecule has 1 aliphatic heterocycles. The van der Waals surface area contributed by atoms with Crippen LogP contribution in [-0.2, 0) is 0 Å². The summed E-state index contributed by atoms with van der Waals surface area (Å²) in [5.74, 6) is 1.55. The predicted octanol–water partition coefficient (Wildman–Crippen LogP) is 3.59. The van der Waals surface area contributed by atoms with Gasteiger partial charge in [-0.05, 0) is 44.9 Å². The number of carbonyl (C=O) groups excluding carboxylic acids is 1. The van der Waals surface area contributed by atoms with E-state index in [9.17, 15) is 4.79 Å². The number of nitrogens with zero attached hydrogens (tertiary/aromatic N) is 2. The van der Waals surface area contributed by atoms with Crippen molar-refractivity contribution in [1.29, 1.82) is 0 Å². The first kappa shape index (κ1) is 16.6. The summed E-state index contributed by atoms with van der Waals surface area (Å²) in [7, 11) is 0. The van der Waals surface area contributed by atoms with E-state index in [1.165, 1.54) is 5.56 Å². The van der Waals surface area contributed by atoms with Crippen molar-refractivity contribution < 1.29 is 14.1 Å². The Morgan fingerprint density at radius 2 is 1.92 bits per heavy atom. The minimum absolute atomic E-state index is 0.0106. The summed E-state index contributed by atoms with van der Waals surface area (Å²) in [4.78, 5) is 14.5. The van der Waals surface area contributed by atoms with Gasteiger partial charge in [-0.3, -0.25) is 4.79 Å². The van der Waals surface area contributed by atoms with Crippen LogP contribution >= 0.6 is 0 Å². The molecule has 128 valence electrons. The number of piperidine rings is 1. The molecule has 1 fully saturated rings. The molecular formula is C19H24N2O3. The van der Waals surface area contributed by atoms with E-state index in [4.69, 9.17) is 9.26 Å². The number of aryl methyl sites for hydroxylation is 4. The molecule has 5 nitrogen and oxygen atoms in total. The van der Waals surface area contributed by atoms with Gasteiger partial charge in [0, 0.05) is 25.9 Å². The second-order valence-electron chi connectivity index (χ2n) is 6.58. The Kier molecular flexibility index (Phi) is 4.60. The molecule has 0 unspecified atom stereocenters. The van der Waals surface area contributed by atoms with Crippen LogP contribution in [0.2, 0.25) is 0 Å². The van der Waals surface area contributed by atoms with Crippen molar-refractivity contribution in [2.75, 3.05) is 13.1 Å². The average Bonchev–Trinajstić information content (AvgIpc) is 2.90. The molecule has 0 radical (unpaired) electrons. The zero-order chi connectivity index (χ0) is 17.3. The molecule has 5 heteroatoms. The van der Waals surface area contributed by atoms with E-state index in [2.05, 4.69) is 37.2 Å². The molecule has 2 heterocycles. The van der Waals surface area contributed by atoms with Crippen molar-refractivity contribution in [3.8, 4) is 5.75 Å². The molecule has 1 aliphatic rings. The molecule has 24 heavy (non-hydrogen) atoms. The van der Waals surface area contributed by atoms with Crippen LogP contribution in [0.15, 0.2) is 22.7 Å². The summed E-state index contributed by atoms with van der Waals surface area (Å²) in [5, 5.41) is 3.87. The van der Waals surface area contributed by atoms with Gasteiger partial charge in [0.1, 0.15) is 23.2 Å². The zero-order valence-corrected chi connectivity index (χ0v) is 14.8. The molecule has 1 saturated heterocycles. The molecule has 0 saturated carbocycles. The lowest BCUT2D eigenvalue weighted by Gasteiger charge is -2.32. The summed E-state index contributed by atoms with van der Waals surface area (Å²) < 4.78 is 11.3. The fourth-order valence-electron chi connectivity index (χ4n) is 3.14. The van der Waals surface area contributed by atoms with Crippen molar-refractivity contribution in [2.45, 2.75) is 46.6 Å².